The number of hydrogen-bond acceptors (Lipinski definition) is 3. The summed E-state index contributed by atoms with van der Waals surface area (Å²) in [5, 5.41) is 14.0. The standard InChI is InChI=1S/C30H38FNO2/c1-20-10-9-13-26(22(20)3)28-12-8-7-11-27(28)23(4)34-19-25(33)18-32-30(5,6)17-24-15-14-21(2)29(31)16-24/h7-16,23,25,32-33H,17-19H2,1-6H3/t23?,25-/m1/s1. The fourth-order valence-corrected chi connectivity index (χ4v) is 4.26. The summed E-state index contributed by atoms with van der Waals surface area (Å²) in [5.41, 5.74) is 7.30. The quantitative estimate of drug-likeness (QED) is 0.362. The SMILES string of the molecule is Cc1ccc(CC(C)(C)NC[C@@H](O)COC(C)c2ccccc2-c2cccc(C)c2C)cc1F. The normalized spacial score (nSPS) is 13.6. The molecule has 0 aliphatic heterocycles. The van der Waals surface area contributed by atoms with Gasteiger partial charge in [-0.15, -0.1) is 0 Å². The Bertz CT molecular complexity index is 1110. The van der Waals surface area contributed by atoms with Crippen molar-refractivity contribution in [3.05, 3.63) is 94.3 Å². The smallest absolute Gasteiger partial charge is 0.126 e. The van der Waals surface area contributed by atoms with E-state index in [1.807, 2.05) is 25.1 Å². The fraction of sp³-hybridized carbons (Fsp3) is 0.400. The highest BCUT2D eigenvalue weighted by molar-refractivity contribution is 5.72. The van der Waals surface area contributed by atoms with Gasteiger partial charge in [0.1, 0.15) is 5.82 Å². The second-order valence-electron chi connectivity index (χ2n) is 9.99. The van der Waals surface area contributed by atoms with E-state index in [1.165, 1.54) is 16.7 Å². The third-order valence-corrected chi connectivity index (χ3v) is 6.53. The predicted octanol–water partition coefficient (Wildman–Crippen LogP) is 6.47. The van der Waals surface area contributed by atoms with Gasteiger partial charge in [0, 0.05) is 12.1 Å². The molecule has 0 radical (unpaired) electrons. The van der Waals surface area contributed by atoms with E-state index >= 15 is 0 Å². The molecule has 0 bridgehead atoms. The number of aliphatic hydroxyl groups is 1. The lowest BCUT2D eigenvalue weighted by Gasteiger charge is -2.28. The van der Waals surface area contributed by atoms with E-state index in [0.29, 0.717) is 18.5 Å². The van der Waals surface area contributed by atoms with E-state index in [4.69, 9.17) is 4.74 Å². The van der Waals surface area contributed by atoms with Gasteiger partial charge in [0.2, 0.25) is 0 Å². The average molecular weight is 464 g/mol. The second-order valence-corrected chi connectivity index (χ2v) is 9.99. The number of aliphatic hydroxyl groups excluding tert-OH is 1. The highest BCUT2D eigenvalue weighted by Crippen LogP contribution is 2.33. The topological polar surface area (TPSA) is 41.5 Å². The first-order valence-corrected chi connectivity index (χ1v) is 12.0. The van der Waals surface area contributed by atoms with Crippen molar-refractivity contribution >= 4 is 0 Å². The van der Waals surface area contributed by atoms with Crippen LogP contribution in [-0.4, -0.2) is 29.9 Å². The Morgan fingerprint density at radius 3 is 2.38 bits per heavy atom. The molecule has 3 rings (SSSR count). The van der Waals surface area contributed by atoms with Crippen molar-refractivity contribution in [1.82, 2.24) is 5.32 Å². The molecule has 0 aliphatic carbocycles. The predicted molar refractivity (Wildman–Crippen MR) is 139 cm³/mol. The molecular weight excluding hydrogens is 425 g/mol. The summed E-state index contributed by atoms with van der Waals surface area (Å²) in [6.07, 6.45) is -0.143. The average Bonchev–Trinajstić information content (AvgIpc) is 2.80. The highest BCUT2D eigenvalue weighted by Gasteiger charge is 2.21. The van der Waals surface area contributed by atoms with Crippen molar-refractivity contribution in [3.63, 3.8) is 0 Å². The molecule has 0 saturated heterocycles. The van der Waals surface area contributed by atoms with Gasteiger partial charge in [-0.1, -0.05) is 54.6 Å². The lowest BCUT2D eigenvalue weighted by atomic mass is 9.92. The molecule has 34 heavy (non-hydrogen) atoms. The van der Waals surface area contributed by atoms with Crippen LogP contribution in [0, 0.1) is 26.6 Å². The van der Waals surface area contributed by atoms with E-state index in [1.54, 1.807) is 19.1 Å². The Morgan fingerprint density at radius 2 is 1.65 bits per heavy atom. The van der Waals surface area contributed by atoms with E-state index in [-0.39, 0.29) is 24.1 Å². The van der Waals surface area contributed by atoms with Gasteiger partial charge in [-0.2, -0.15) is 0 Å². The monoisotopic (exact) mass is 463 g/mol. The summed E-state index contributed by atoms with van der Waals surface area (Å²) < 4.78 is 20.0. The van der Waals surface area contributed by atoms with Crippen LogP contribution in [0.5, 0.6) is 0 Å². The molecule has 3 nitrogen and oxygen atoms in total. The highest BCUT2D eigenvalue weighted by atomic mass is 19.1. The van der Waals surface area contributed by atoms with Crippen LogP contribution in [0.15, 0.2) is 60.7 Å². The van der Waals surface area contributed by atoms with Crippen LogP contribution in [0.2, 0.25) is 0 Å². The number of rotatable bonds is 10. The molecule has 0 spiro atoms. The first-order chi connectivity index (χ1) is 16.1. The summed E-state index contributed by atoms with van der Waals surface area (Å²) in [6, 6.07) is 20.0. The maximum absolute atomic E-state index is 13.9. The molecule has 0 fully saturated rings. The zero-order valence-electron chi connectivity index (χ0n) is 21.3. The van der Waals surface area contributed by atoms with Crippen LogP contribution in [0.25, 0.3) is 11.1 Å². The number of aryl methyl sites for hydroxylation is 2. The van der Waals surface area contributed by atoms with Crippen molar-refractivity contribution < 1.29 is 14.2 Å². The molecule has 0 amide bonds. The third kappa shape index (κ3) is 6.75. The van der Waals surface area contributed by atoms with Gasteiger partial charge < -0.3 is 15.2 Å². The number of nitrogens with one attached hydrogen (secondary N) is 1. The maximum Gasteiger partial charge on any atom is 0.126 e. The molecule has 1 unspecified atom stereocenters. The molecule has 0 saturated carbocycles. The zero-order valence-corrected chi connectivity index (χ0v) is 21.3. The van der Waals surface area contributed by atoms with Crippen LogP contribution in [0.1, 0.15) is 54.7 Å². The van der Waals surface area contributed by atoms with Crippen LogP contribution < -0.4 is 5.32 Å². The van der Waals surface area contributed by atoms with Gasteiger partial charge in [-0.3, -0.25) is 0 Å². The van der Waals surface area contributed by atoms with Gasteiger partial charge in [0.25, 0.3) is 0 Å². The second kappa shape index (κ2) is 11.3. The number of halogens is 1. The van der Waals surface area contributed by atoms with Crippen molar-refractivity contribution in [2.24, 2.45) is 0 Å². The minimum atomic E-state index is -0.649. The molecule has 0 heterocycles. The molecule has 3 aromatic rings. The summed E-state index contributed by atoms with van der Waals surface area (Å²) in [5.74, 6) is -0.183. The summed E-state index contributed by atoms with van der Waals surface area (Å²) in [7, 11) is 0. The lowest BCUT2D eigenvalue weighted by molar-refractivity contribution is -0.00397. The van der Waals surface area contributed by atoms with Crippen molar-refractivity contribution in [3.8, 4) is 11.1 Å². The van der Waals surface area contributed by atoms with Crippen LogP contribution in [0.4, 0.5) is 4.39 Å². The number of ether oxygens (including phenoxy) is 1. The van der Waals surface area contributed by atoms with Gasteiger partial charge >= 0.3 is 0 Å². The lowest BCUT2D eigenvalue weighted by Crippen LogP contribution is -2.46. The number of β-amino-alcohol motifs (C(OH)–C–C–N with tert-alkyl or cyclic N) is 1. The maximum atomic E-state index is 13.9. The molecule has 0 aromatic heterocycles. The van der Waals surface area contributed by atoms with E-state index < -0.39 is 6.10 Å². The summed E-state index contributed by atoms with van der Waals surface area (Å²) in [6.45, 7) is 12.8. The van der Waals surface area contributed by atoms with Gasteiger partial charge in [-0.25, -0.2) is 4.39 Å². The van der Waals surface area contributed by atoms with Crippen LogP contribution >= 0.6 is 0 Å². The molecule has 2 atom stereocenters. The van der Waals surface area contributed by atoms with Crippen LogP contribution in [-0.2, 0) is 11.2 Å². The van der Waals surface area contributed by atoms with E-state index in [9.17, 15) is 9.50 Å². The third-order valence-electron chi connectivity index (χ3n) is 6.53. The minimum absolute atomic E-state index is 0.158. The Morgan fingerprint density at radius 1 is 0.941 bits per heavy atom. The summed E-state index contributed by atoms with van der Waals surface area (Å²) >= 11 is 0. The number of benzene rings is 3. The molecule has 2 N–H and O–H groups in total. The molecule has 3 aromatic carbocycles. The Hall–Kier alpha value is -2.53. The minimum Gasteiger partial charge on any atom is -0.389 e. The Balaban J connectivity index is 1.57. The Labute approximate surface area is 204 Å². The van der Waals surface area contributed by atoms with Crippen molar-refractivity contribution in [2.45, 2.75) is 65.7 Å². The van der Waals surface area contributed by atoms with Gasteiger partial charge in [-0.05, 0) is 93.0 Å². The van der Waals surface area contributed by atoms with Gasteiger partial charge in [0.15, 0.2) is 0 Å². The molecule has 4 heteroatoms. The van der Waals surface area contributed by atoms with E-state index in [2.05, 4.69) is 63.3 Å². The molecule has 0 aliphatic rings. The first-order valence-electron chi connectivity index (χ1n) is 12.0. The Kier molecular flexibility index (Phi) is 8.64. The van der Waals surface area contributed by atoms with Crippen molar-refractivity contribution in [1.29, 1.82) is 0 Å². The molecule has 182 valence electrons. The molecular formula is C30H38FNO2. The van der Waals surface area contributed by atoms with Gasteiger partial charge in [0.05, 0.1) is 18.8 Å². The summed E-state index contributed by atoms with van der Waals surface area (Å²) in [4.78, 5) is 0. The zero-order chi connectivity index (χ0) is 24.9. The first kappa shape index (κ1) is 26.1. The van der Waals surface area contributed by atoms with E-state index in [0.717, 1.165) is 16.7 Å². The number of hydrogen-bond donors (Lipinski definition) is 2. The fourth-order valence-electron chi connectivity index (χ4n) is 4.26. The van der Waals surface area contributed by atoms with Crippen LogP contribution in [0.3, 0.4) is 0 Å². The largest absolute Gasteiger partial charge is 0.389 e. The van der Waals surface area contributed by atoms with Crippen molar-refractivity contribution in [2.75, 3.05) is 13.2 Å².